The van der Waals surface area contributed by atoms with Crippen LogP contribution in [0.3, 0.4) is 0 Å². The standard InChI is InChI=1S/C27H24O5/c1-5-19-6-8-20(9-7-19)31-24-15-30-23-14-21(10-11-22(23)26(24)28)32-27(29)25-17(3)12-16(2)13-18(25)4/h6-15H,5H2,1-4H3. The molecule has 0 atom stereocenters. The first kappa shape index (κ1) is 21.4. The molecule has 0 saturated carbocycles. The predicted molar refractivity (Wildman–Crippen MR) is 124 cm³/mol. The maximum absolute atomic E-state index is 12.8. The summed E-state index contributed by atoms with van der Waals surface area (Å²) in [7, 11) is 0. The van der Waals surface area contributed by atoms with E-state index < -0.39 is 5.97 Å². The number of rotatable bonds is 5. The minimum Gasteiger partial charge on any atom is -0.460 e. The van der Waals surface area contributed by atoms with Crippen molar-refractivity contribution in [3.8, 4) is 17.2 Å². The highest BCUT2D eigenvalue weighted by molar-refractivity contribution is 5.94. The van der Waals surface area contributed by atoms with Gasteiger partial charge in [-0.3, -0.25) is 4.79 Å². The van der Waals surface area contributed by atoms with Crippen molar-refractivity contribution < 1.29 is 18.7 Å². The molecule has 5 heteroatoms. The van der Waals surface area contributed by atoms with Crippen molar-refractivity contribution in [2.24, 2.45) is 0 Å². The molecule has 0 saturated heterocycles. The average Bonchev–Trinajstić information content (AvgIpc) is 2.75. The zero-order chi connectivity index (χ0) is 22.8. The summed E-state index contributed by atoms with van der Waals surface area (Å²) in [4.78, 5) is 25.6. The van der Waals surface area contributed by atoms with Gasteiger partial charge in [-0.1, -0.05) is 36.8 Å². The molecule has 1 heterocycles. The van der Waals surface area contributed by atoms with Crippen LogP contribution in [-0.4, -0.2) is 5.97 Å². The molecule has 0 aliphatic rings. The molecule has 0 unspecified atom stereocenters. The van der Waals surface area contributed by atoms with Gasteiger partial charge in [0.2, 0.25) is 11.2 Å². The van der Waals surface area contributed by atoms with Crippen LogP contribution in [0.5, 0.6) is 17.2 Å². The first-order chi connectivity index (χ1) is 15.4. The highest BCUT2D eigenvalue weighted by Crippen LogP contribution is 2.26. The van der Waals surface area contributed by atoms with Crippen LogP contribution >= 0.6 is 0 Å². The van der Waals surface area contributed by atoms with Gasteiger partial charge in [0, 0.05) is 6.07 Å². The molecule has 0 fully saturated rings. The smallest absolute Gasteiger partial charge is 0.344 e. The fraction of sp³-hybridized carbons (Fsp3) is 0.185. The predicted octanol–water partition coefficient (Wildman–Crippen LogP) is 6.29. The Bertz CT molecular complexity index is 1340. The Labute approximate surface area is 186 Å². The van der Waals surface area contributed by atoms with Crippen LogP contribution in [0.4, 0.5) is 0 Å². The van der Waals surface area contributed by atoms with Gasteiger partial charge < -0.3 is 13.9 Å². The van der Waals surface area contributed by atoms with Crippen LogP contribution in [-0.2, 0) is 6.42 Å². The van der Waals surface area contributed by atoms with Gasteiger partial charge in [0.05, 0.1) is 10.9 Å². The Morgan fingerprint density at radius 1 is 0.906 bits per heavy atom. The van der Waals surface area contributed by atoms with Crippen LogP contribution < -0.4 is 14.9 Å². The third kappa shape index (κ3) is 4.28. The van der Waals surface area contributed by atoms with Crippen molar-refractivity contribution in [2.75, 3.05) is 0 Å². The molecule has 0 bridgehead atoms. The number of aryl methyl sites for hydroxylation is 4. The molecule has 4 rings (SSSR count). The number of esters is 1. The van der Waals surface area contributed by atoms with Gasteiger partial charge >= 0.3 is 5.97 Å². The Balaban J connectivity index is 1.59. The molecular formula is C27H24O5. The second-order valence-electron chi connectivity index (χ2n) is 7.85. The topological polar surface area (TPSA) is 65.7 Å². The lowest BCUT2D eigenvalue weighted by Gasteiger charge is -2.11. The van der Waals surface area contributed by atoms with E-state index in [2.05, 4.69) is 6.92 Å². The van der Waals surface area contributed by atoms with Crippen molar-refractivity contribution in [2.45, 2.75) is 34.1 Å². The molecular weight excluding hydrogens is 404 g/mol. The summed E-state index contributed by atoms with van der Waals surface area (Å²) in [6, 6.07) is 16.1. The molecule has 0 N–H and O–H groups in total. The Morgan fingerprint density at radius 3 is 2.22 bits per heavy atom. The number of ether oxygens (including phenoxy) is 2. The molecule has 3 aromatic carbocycles. The summed E-state index contributed by atoms with van der Waals surface area (Å²) >= 11 is 0. The third-order valence-corrected chi connectivity index (χ3v) is 5.37. The Morgan fingerprint density at radius 2 is 1.56 bits per heavy atom. The average molecular weight is 428 g/mol. The van der Waals surface area contributed by atoms with Crippen molar-refractivity contribution in [1.29, 1.82) is 0 Å². The Hall–Kier alpha value is -3.86. The van der Waals surface area contributed by atoms with Crippen LogP contribution in [0.25, 0.3) is 11.0 Å². The number of carbonyl (C=O) groups is 1. The van der Waals surface area contributed by atoms with Crippen LogP contribution in [0.1, 0.15) is 39.5 Å². The van der Waals surface area contributed by atoms with E-state index in [0.29, 0.717) is 28.0 Å². The minimum absolute atomic E-state index is 0.0948. The molecule has 5 nitrogen and oxygen atoms in total. The quantitative estimate of drug-likeness (QED) is 0.276. The summed E-state index contributed by atoms with van der Waals surface area (Å²) in [6.07, 6.45) is 2.20. The van der Waals surface area contributed by atoms with Gasteiger partial charge in [0.1, 0.15) is 23.3 Å². The van der Waals surface area contributed by atoms with Crippen LogP contribution in [0.15, 0.2) is 70.1 Å². The molecule has 0 amide bonds. The second kappa shape index (κ2) is 8.71. The summed E-state index contributed by atoms with van der Waals surface area (Å²) in [5.74, 6) is 0.506. The largest absolute Gasteiger partial charge is 0.460 e. The molecule has 0 aliphatic heterocycles. The third-order valence-electron chi connectivity index (χ3n) is 5.37. The van der Waals surface area contributed by atoms with Gasteiger partial charge in [0.25, 0.3) is 0 Å². The Kier molecular flexibility index (Phi) is 5.82. The molecule has 0 spiro atoms. The lowest BCUT2D eigenvalue weighted by atomic mass is 10.00. The molecule has 162 valence electrons. The van der Waals surface area contributed by atoms with Crippen molar-refractivity contribution >= 4 is 16.9 Å². The fourth-order valence-corrected chi connectivity index (χ4v) is 3.81. The monoisotopic (exact) mass is 428 g/mol. The summed E-state index contributed by atoms with van der Waals surface area (Å²) in [5, 5.41) is 0.343. The minimum atomic E-state index is -0.447. The van der Waals surface area contributed by atoms with Crippen LogP contribution in [0, 0.1) is 20.8 Å². The van der Waals surface area contributed by atoms with E-state index >= 15 is 0 Å². The van der Waals surface area contributed by atoms with Gasteiger partial charge in [-0.15, -0.1) is 0 Å². The summed E-state index contributed by atoms with van der Waals surface area (Å²) < 4.78 is 16.9. The number of hydrogen-bond acceptors (Lipinski definition) is 5. The zero-order valence-electron chi connectivity index (χ0n) is 18.5. The first-order valence-electron chi connectivity index (χ1n) is 10.5. The summed E-state index contributed by atoms with van der Waals surface area (Å²) in [6.45, 7) is 7.82. The molecule has 0 radical (unpaired) electrons. The van der Waals surface area contributed by atoms with E-state index in [9.17, 15) is 9.59 Å². The first-order valence-corrected chi connectivity index (χ1v) is 10.5. The highest BCUT2D eigenvalue weighted by atomic mass is 16.5. The lowest BCUT2D eigenvalue weighted by molar-refractivity contribution is 0.0733. The molecule has 1 aromatic heterocycles. The lowest BCUT2D eigenvalue weighted by Crippen LogP contribution is -2.12. The zero-order valence-corrected chi connectivity index (χ0v) is 18.5. The molecule has 32 heavy (non-hydrogen) atoms. The maximum atomic E-state index is 12.8. The van der Waals surface area contributed by atoms with Gasteiger partial charge in [-0.05, 0) is 68.1 Å². The van der Waals surface area contributed by atoms with E-state index in [1.165, 1.54) is 17.9 Å². The number of fused-ring (bicyclic) bond motifs is 1. The van der Waals surface area contributed by atoms with Crippen molar-refractivity contribution in [3.63, 3.8) is 0 Å². The van der Waals surface area contributed by atoms with E-state index in [1.54, 1.807) is 12.1 Å². The fourth-order valence-electron chi connectivity index (χ4n) is 3.81. The number of hydrogen-bond donors (Lipinski definition) is 0. The van der Waals surface area contributed by atoms with E-state index in [-0.39, 0.29) is 11.2 Å². The SMILES string of the molecule is CCc1ccc(Oc2coc3cc(OC(=O)c4c(C)cc(C)cc4C)ccc3c2=O)cc1. The van der Waals surface area contributed by atoms with E-state index in [0.717, 1.165) is 23.1 Å². The molecule has 0 aliphatic carbocycles. The number of benzene rings is 3. The number of carbonyl (C=O) groups excluding carboxylic acids is 1. The van der Waals surface area contributed by atoms with E-state index in [1.807, 2.05) is 57.2 Å². The molecule has 4 aromatic rings. The second-order valence-corrected chi connectivity index (χ2v) is 7.85. The van der Waals surface area contributed by atoms with Crippen molar-refractivity contribution in [1.82, 2.24) is 0 Å². The van der Waals surface area contributed by atoms with Gasteiger partial charge in [-0.25, -0.2) is 4.79 Å². The van der Waals surface area contributed by atoms with Crippen molar-refractivity contribution in [3.05, 3.63) is 98.9 Å². The summed E-state index contributed by atoms with van der Waals surface area (Å²) in [5.41, 5.74) is 4.53. The van der Waals surface area contributed by atoms with Crippen LogP contribution in [0.2, 0.25) is 0 Å². The van der Waals surface area contributed by atoms with Gasteiger partial charge in [-0.2, -0.15) is 0 Å². The highest BCUT2D eigenvalue weighted by Gasteiger charge is 2.17. The normalized spacial score (nSPS) is 10.9. The van der Waals surface area contributed by atoms with E-state index in [4.69, 9.17) is 13.9 Å². The van der Waals surface area contributed by atoms with Gasteiger partial charge in [0.15, 0.2) is 0 Å². The maximum Gasteiger partial charge on any atom is 0.344 e.